The summed E-state index contributed by atoms with van der Waals surface area (Å²) in [4.78, 5) is 25.1. The third-order valence-electron chi connectivity index (χ3n) is 3.16. The maximum atomic E-state index is 12.2. The summed E-state index contributed by atoms with van der Waals surface area (Å²) in [5.74, 6) is -0.997. The highest BCUT2D eigenvalue weighted by atomic mass is 16.6. The molecule has 0 aromatic heterocycles. The summed E-state index contributed by atoms with van der Waals surface area (Å²) >= 11 is 0. The van der Waals surface area contributed by atoms with Gasteiger partial charge in [0, 0.05) is 32.6 Å². The molecule has 0 unspecified atom stereocenters. The molecule has 1 saturated heterocycles. The smallest absolute Gasteiger partial charge is 0.411 e. The van der Waals surface area contributed by atoms with Gasteiger partial charge in [-0.1, -0.05) is 0 Å². The van der Waals surface area contributed by atoms with Gasteiger partial charge < -0.3 is 14.6 Å². The van der Waals surface area contributed by atoms with Crippen LogP contribution in [-0.4, -0.2) is 53.0 Å². The second-order valence-corrected chi connectivity index (χ2v) is 5.67. The zero-order valence-corrected chi connectivity index (χ0v) is 12.1. The molecule has 1 rings (SSSR count). The van der Waals surface area contributed by atoms with E-state index < -0.39 is 23.2 Å². The SMILES string of the molecule is CCN(C(=O)OC(C)(C)C)C1(C(=O)O)CCOCC1. The van der Waals surface area contributed by atoms with Crippen molar-refractivity contribution in [3.63, 3.8) is 0 Å². The standard InChI is InChI=1S/C13H23NO5/c1-5-14(11(17)19-12(2,3)4)13(10(15)16)6-8-18-9-7-13/h5-9H2,1-4H3,(H,15,16). The van der Waals surface area contributed by atoms with Gasteiger partial charge in [0.1, 0.15) is 11.1 Å². The molecule has 110 valence electrons. The van der Waals surface area contributed by atoms with Crippen LogP contribution in [0, 0.1) is 0 Å². The number of rotatable bonds is 3. The average molecular weight is 273 g/mol. The van der Waals surface area contributed by atoms with Gasteiger partial charge in [-0.25, -0.2) is 9.59 Å². The summed E-state index contributed by atoms with van der Waals surface area (Å²) in [6.07, 6.45) is -0.00974. The van der Waals surface area contributed by atoms with Crippen LogP contribution in [0.1, 0.15) is 40.5 Å². The average Bonchev–Trinajstić information content (AvgIpc) is 2.28. The molecule has 0 bridgehead atoms. The van der Waals surface area contributed by atoms with Crippen LogP contribution in [0.25, 0.3) is 0 Å². The Balaban J connectivity index is 2.97. The monoisotopic (exact) mass is 273 g/mol. The van der Waals surface area contributed by atoms with Crippen molar-refractivity contribution in [2.24, 2.45) is 0 Å². The van der Waals surface area contributed by atoms with Crippen LogP contribution in [0.5, 0.6) is 0 Å². The van der Waals surface area contributed by atoms with Gasteiger partial charge in [-0.15, -0.1) is 0 Å². The number of aliphatic carboxylic acids is 1. The second-order valence-electron chi connectivity index (χ2n) is 5.67. The summed E-state index contributed by atoms with van der Waals surface area (Å²) in [5, 5.41) is 9.53. The molecule has 1 N–H and O–H groups in total. The van der Waals surface area contributed by atoms with E-state index in [4.69, 9.17) is 9.47 Å². The minimum absolute atomic E-state index is 0.287. The molecule has 0 aliphatic carbocycles. The molecule has 0 atom stereocenters. The number of carbonyl (C=O) groups excluding carboxylic acids is 1. The molecule has 1 heterocycles. The first-order valence-electron chi connectivity index (χ1n) is 6.55. The Morgan fingerprint density at radius 1 is 1.32 bits per heavy atom. The predicted octanol–water partition coefficient (Wildman–Crippen LogP) is 1.88. The quantitative estimate of drug-likeness (QED) is 0.849. The normalized spacial score (nSPS) is 18.7. The largest absolute Gasteiger partial charge is 0.479 e. The van der Waals surface area contributed by atoms with Crippen molar-refractivity contribution < 1.29 is 24.2 Å². The molecule has 0 radical (unpaired) electrons. The first-order chi connectivity index (χ1) is 8.73. The van der Waals surface area contributed by atoms with E-state index in [-0.39, 0.29) is 12.8 Å². The number of nitrogens with zero attached hydrogens (tertiary/aromatic N) is 1. The molecule has 0 saturated carbocycles. The minimum atomic E-state index is -1.21. The Hall–Kier alpha value is -1.30. The number of carboxylic acids is 1. The molecule has 1 aliphatic rings. The van der Waals surface area contributed by atoms with Gasteiger partial charge in [-0.3, -0.25) is 4.90 Å². The molecule has 6 heteroatoms. The van der Waals surface area contributed by atoms with E-state index in [2.05, 4.69) is 0 Å². The van der Waals surface area contributed by atoms with Crippen LogP contribution in [-0.2, 0) is 14.3 Å². The fraction of sp³-hybridized carbons (Fsp3) is 0.846. The molecular formula is C13H23NO5. The summed E-state index contributed by atoms with van der Waals surface area (Å²) in [6, 6.07) is 0. The van der Waals surface area contributed by atoms with E-state index in [0.29, 0.717) is 19.8 Å². The van der Waals surface area contributed by atoms with Crippen LogP contribution >= 0.6 is 0 Å². The molecule has 1 amide bonds. The maximum Gasteiger partial charge on any atom is 0.411 e. The molecule has 19 heavy (non-hydrogen) atoms. The molecular weight excluding hydrogens is 250 g/mol. The Morgan fingerprint density at radius 3 is 2.21 bits per heavy atom. The van der Waals surface area contributed by atoms with Crippen molar-refractivity contribution in [2.75, 3.05) is 19.8 Å². The minimum Gasteiger partial charge on any atom is -0.479 e. The van der Waals surface area contributed by atoms with Crippen LogP contribution in [0.4, 0.5) is 4.79 Å². The van der Waals surface area contributed by atoms with Crippen LogP contribution in [0.3, 0.4) is 0 Å². The predicted molar refractivity (Wildman–Crippen MR) is 69.0 cm³/mol. The molecule has 1 aliphatic heterocycles. The van der Waals surface area contributed by atoms with Gasteiger partial charge >= 0.3 is 12.1 Å². The van der Waals surface area contributed by atoms with E-state index in [1.165, 1.54) is 4.90 Å². The van der Waals surface area contributed by atoms with Gasteiger partial charge in [-0.05, 0) is 27.7 Å². The van der Waals surface area contributed by atoms with Crippen molar-refractivity contribution in [1.82, 2.24) is 4.90 Å². The zero-order valence-electron chi connectivity index (χ0n) is 12.1. The van der Waals surface area contributed by atoms with Gasteiger partial charge in [0.15, 0.2) is 0 Å². The number of hydrogen-bond acceptors (Lipinski definition) is 4. The molecule has 0 spiro atoms. The highest BCUT2D eigenvalue weighted by Crippen LogP contribution is 2.30. The van der Waals surface area contributed by atoms with Crippen molar-refractivity contribution in [3.8, 4) is 0 Å². The van der Waals surface area contributed by atoms with Crippen LogP contribution < -0.4 is 0 Å². The fourth-order valence-electron chi connectivity index (χ4n) is 2.23. The Labute approximate surface area is 113 Å². The lowest BCUT2D eigenvalue weighted by Gasteiger charge is -2.42. The van der Waals surface area contributed by atoms with Crippen LogP contribution in [0.15, 0.2) is 0 Å². The van der Waals surface area contributed by atoms with E-state index >= 15 is 0 Å². The topological polar surface area (TPSA) is 76.1 Å². The lowest BCUT2D eigenvalue weighted by Crippen LogP contribution is -2.60. The summed E-state index contributed by atoms with van der Waals surface area (Å²) in [7, 11) is 0. The second kappa shape index (κ2) is 5.77. The lowest BCUT2D eigenvalue weighted by molar-refractivity contribution is -0.157. The Bertz CT molecular complexity index is 341. The summed E-state index contributed by atoms with van der Waals surface area (Å²) in [5.41, 5.74) is -1.86. The van der Waals surface area contributed by atoms with E-state index in [9.17, 15) is 14.7 Å². The molecule has 1 fully saturated rings. The summed E-state index contributed by atoms with van der Waals surface area (Å²) in [6.45, 7) is 8.00. The van der Waals surface area contributed by atoms with E-state index in [1.54, 1.807) is 27.7 Å². The third kappa shape index (κ3) is 3.59. The lowest BCUT2D eigenvalue weighted by atomic mass is 9.88. The van der Waals surface area contributed by atoms with Crippen molar-refractivity contribution in [3.05, 3.63) is 0 Å². The highest BCUT2D eigenvalue weighted by Gasteiger charge is 2.48. The molecule has 6 nitrogen and oxygen atoms in total. The number of carboxylic acid groups (broad SMARTS) is 1. The molecule has 0 aromatic carbocycles. The zero-order chi connectivity index (χ0) is 14.7. The van der Waals surface area contributed by atoms with Gasteiger partial charge in [0.25, 0.3) is 0 Å². The first kappa shape index (κ1) is 15.8. The van der Waals surface area contributed by atoms with Crippen molar-refractivity contribution >= 4 is 12.1 Å². The van der Waals surface area contributed by atoms with E-state index in [0.717, 1.165) is 0 Å². The van der Waals surface area contributed by atoms with Gasteiger partial charge in [0.2, 0.25) is 0 Å². The first-order valence-corrected chi connectivity index (χ1v) is 6.55. The highest BCUT2D eigenvalue weighted by molar-refractivity contribution is 5.84. The van der Waals surface area contributed by atoms with Gasteiger partial charge in [0.05, 0.1) is 0 Å². The fourth-order valence-corrected chi connectivity index (χ4v) is 2.23. The van der Waals surface area contributed by atoms with E-state index in [1.807, 2.05) is 0 Å². The van der Waals surface area contributed by atoms with Gasteiger partial charge in [-0.2, -0.15) is 0 Å². The number of likely N-dealkylation sites (N-methyl/N-ethyl adjacent to an activating group) is 1. The maximum absolute atomic E-state index is 12.2. The Morgan fingerprint density at radius 2 is 1.84 bits per heavy atom. The van der Waals surface area contributed by atoms with Crippen LogP contribution in [0.2, 0.25) is 0 Å². The number of hydrogen-bond donors (Lipinski definition) is 1. The number of carbonyl (C=O) groups is 2. The Kier molecular flexibility index (Phi) is 4.79. The summed E-state index contributed by atoms with van der Waals surface area (Å²) < 4.78 is 10.5. The van der Waals surface area contributed by atoms with Crippen molar-refractivity contribution in [1.29, 1.82) is 0 Å². The number of ether oxygens (including phenoxy) is 2. The number of amides is 1. The molecule has 0 aromatic rings. The van der Waals surface area contributed by atoms with Crippen molar-refractivity contribution in [2.45, 2.75) is 51.7 Å². The third-order valence-corrected chi connectivity index (χ3v) is 3.16.